The zero-order valence-electron chi connectivity index (χ0n) is 22.2. The second kappa shape index (κ2) is 10.00. The van der Waals surface area contributed by atoms with Crippen LogP contribution in [-0.2, 0) is 11.8 Å². The van der Waals surface area contributed by atoms with Crippen LogP contribution in [0.2, 0.25) is 0 Å². The third kappa shape index (κ3) is 4.82. The Morgan fingerprint density at radius 3 is 2.61 bits per heavy atom. The fraction of sp³-hybridized carbons (Fsp3) is 0.241. The first-order valence-corrected chi connectivity index (χ1v) is 12.3. The number of nitrogens with one attached hydrogen (secondary N) is 2. The average molecular weight is 505 g/mol. The van der Waals surface area contributed by atoms with E-state index < -0.39 is 6.04 Å². The van der Waals surface area contributed by atoms with Crippen molar-refractivity contribution in [1.82, 2.24) is 35.0 Å². The van der Waals surface area contributed by atoms with Gasteiger partial charge in [0.2, 0.25) is 5.91 Å². The number of rotatable bonds is 4. The third-order valence-electron chi connectivity index (χ3n) is 6.44. The van der Waals surface area contributed by atoms with Gasteiger partial charge in [-0.15, -0.1) is 0 Å². The van der Waals surface area contributed by atoms with E-state index >= 15 is 0 Å². The van der Waals surface area contributed by atoms with E-state index in [-0.39, 0.29) is 5.91 Å². The highest BCUT2D eigenvalue weighted by molar-refractivity contribution is 5.96. The number of aromatic nitrogens is 6. The van der Waals surface area contributed by atoms with Gasteiger partial charge in [0.05, 0.1) is 11.7 Å². The van der Waals surface area contributed by atoms with E-state index in [0.29, 0.717) is 23.0 Å². The van der Waals surface area contributed by atoms with E-state index in [1.807, 2.05) is 58.2 Å². The summed E-state index contributed by atoms with van der Waals surface area (Å²) in [5, 5.41) is 12.6. The van der Waals surface area contributed by atoms with Crippen LogP contribution in [0.25, 0.3) is 33.1 Å². The van der Waals surface area contributed by atoms with Gasteiger partial charge < -0.3 is 10.6 Å². The number of hydrogen-bond acceptors (Lipinski definition) is 7. The molecule has 0 saturated carbocycles. The highest BCUT2D eigenvalue weighted by Crippen LogP contribution is 2.29. The molecule has 2 N–H and O–H groups in total. The van der Waals surface area contributed by atoms with Crippen molar-refractivity contribution in [2.24, 2.45) is 7.05 Å². The van der Waals surface area contributed by atoms with Gasteiger partial charge in [-0.25, -0.2) is 15.0 Å². The van der Waals surface area contributed by atoms with Gasteiger partial charge in [-0.3, -0.25) is 14.5 Å². The van der Waals surface area contributed by atoms with Gasteiger partial charge in [0, 0.05) is 35.5 Å². The van der Waals surface area contributed by atoms with Crippen molar-refractivity contribution in [3.05, 3.63) is 71.1 Å². The second-order valence-electron chi connectivity index (χ2n) is 9.23. The van der Waals surface area contributed by atoms with E-state index in [4.69, 9.17) is 4.98 Å². The SMILES string of the molecule is CNC(C)C(=O)Nc1cc(-c2nc(C)nc3c(C)nn(C)c23)cc(C#Cc2ccc3c(C)nccc3c2)n1. The van der Waals surface area contributed by atoms with Gasteiger partial charge in [0.25, 0.3) is 0 Å². The molecule has 38 heavy (non-hydrogen) atoms. The standard InChI is InChI=1S/C29H28N8O/c1-16-24-10-8-20(13-21(24)11-12-31-16)7-9-23-14-22(15-25(34-23)35-29(38)18(3)30-5)27-28-26(32-19(4)33-27)17(2)36-37(28)6/h8,10-15,18,30H,1-6H3,(H,34,35,38). The zero-order valence-corrected chi connectivity index (χ0v) is 22.2. The van der Waals surface area contributed by atoms with E-state index in [1.54, 1.807) is 30.9 Å². The van der Waals surface area contributed by atoms with Crippen LogP contribution >= 0.6 is 0 Å². The summed E-state index contributed by atoms with van der Waals surface area (Å²) in [6, 6.07) is 11.3. The molecule has 5 rings (SSSR count). The highest BCUT2D eigenvalue weighted by Gasteiger charge is 2.18. The molecule has 0 aliphatic heterocycles. The van der Waals surface area contributed by atoms with Crippen LogP contribution in [0.4, 0.5) is 5.82 Å². The lowest BCUT2D eigenvalue weighted by atomic mass is 10.1. The first kappa shape index (κ1) is 25.0. The Bertz CT molecular complexity index is 1780. The molecule has 9 heteroatoms. The number of carbonyl (C=O) groups excluding carboxylic acids is 1. The summed E-state index contributed by atoms with van der Waals surface area (Å²) in [6.45, 7) is 7.55. The number of fused-ring (bicyclic) bond motifs is 2. The van der Waals surface area contributed by atoms with Crippen molar-refractivity contribution in [1.29, 1.82) is 0 Å². The lowest BCUT2D eigenvalue weighted by molar-refractivity contribution is -0.117. The number of anilines is 1. The normalized spacial score (nSPS) is 11.8. The monoisotopic (exact) mass is 504 g/mol. The number of nitrogens with zero attached hydrogens (tertiary/aromatic N) is 6. The fourth-order valence-electron chi connectivity index (χ4n) is 4.35. The molecule has 1 amide bonds. The molecular formula is C29H28N8O. The minimum Gasteiger partial charge on any atom is -0.309 e. The number of benzene rings is 1. The average Bonchev–Trinajstić information content (AvgIpc) is 3.19. The molecule has 5 aromatic rings. The topological polar surface area (TPSA) is 111 Å². The molecule has 0 bridgehead atoms. The van der Waals surface area contributed by atoms with E-state index in [2.05, 4.69) is 42.5 Å². The Balaban J connectivity index is 1.64. The number of hydrogen-bond donors (Lipinski definition) is 2. The number of amides is 1. The largest absolute Gasteiger partial charge is 0.309 e. The lowest BCUT2D eigenvalue weighted by Gasteiger charge is -2.12. The quantitative estimate of drug-likeness (QED) is 0.358. The number of aryl methyl sites for hydroxylation is 4. The van der Waals surface area contributed by atoms with Gasteiger partial charge in [-0.2, -0.15) is 5.10 Å². The minimum absolute atomic E-state index is 0.199. The van der Waals surface area contributed by atoms with Gasteiger partial charge in [-0.05, 0) is 76.4 Å². The molecule has 1 unspecified atom stereocenters. The molecule has 4 aromatic heterocycles. The van der Waals surface area contributed by atoms with Gasteiger partial charge in [0.1, 0.15) is 34.1 Å². The van der Waals surface area contributed by atoms with E-state index in [9.17, 15) is 4.79 Å². The molecule has 0 aliphatic carbocycles. The predicted octanol–water partition coefficient (Wildman–Crippen LogP) is 3.84. The summed E-state index contributed by atoms with van der Waals surface area (Å²) in [4.78, 5) is 31.0. The number of carbonyl (C=O) groups is 1. The van der Waals surface area contributed by atoms with Crippen molar-refractivity contribution >= 4 is 33.5 Å². The Morgan fingerprint density at radius 1 is 1.00 bits per heavy atom. The maximum absolute atomic E-state index is 12.7. The Morgan fingerprint density at radius 2 is 1.82 bits per heavy atom. The van der Waals surface area contributed by atoms with Gasteiger partial charge >= 0.3 is 0 Å². The van der Waals surface area contributed by atoms with Crippen molar-refractivity contribution < 1.29 is 4.79 Å². The van der Waals surface area contributed by atoms with Crippen LogP contribution in [0.3, 0.4) is 0 Å². The first-order chi connectivity index (χ1) is 18.2. The fourth-order valence-corrected chi connectivity index (χ4v) is 4.35. The Kier molecular flexibility index (Phi) is 6.57. The third-order valence-corrected chi connectivity index (χ3v) is 6.44. The van der Waals surface area contributed by atoms with Gasteiger partial charge in [0.15, 0.2) is 0 Å². The maximum atomic E-state index is 12.7. The smallest absolute Gasteiger partial charge is 0.242 e. The van der Waals surface area contributed by atoms with Crippen LogP contribution in [0.1, 0.15) is 35.4 Å². The predicted molar refractivity (Wildman–Crippen MR) is 149 cm³/mol. The summed E-state index contributed by atoms with van der Waals surface area (Å²) < 4.78 is 1.78. The van der Waals surface area contributed by atoms with E-state index in [1.165, 1.54) is 0 Å². The Hall–Kier alpha value is -4.68. The van der Waals surface area contributed by atoms with Crippen molar-refractivity contribution in [3.8, 4) is 23.1 Å². The zero-order chi connectivity index (χ0) is 27.0. The van der Waals surface area contributed by atoms with Gasteiger partial charge in [-0.1, -0.05) is 12.0 Å². The maximum Gasteiger partial charge on any atom is 0.242 e. The number of pyridine rings is 2. The Labute approximate surface area is 220 Å². The molecule has 1 aromatic carbocycles. The van der Waals surface area contributed by atoms with Crippen LogP contribution in [0, 0.1) is 32.6 Å². The molecular weight excluding hydrogens is 476 g/mol. The second-order valence-corrected chi connectivity index (χ2v) is 9.23. The summed E-state index contributed by atoms with van der Waals surface area (Å²) in [7, 11) is 3.60. The lowest BCUT2D eigenvalue weighted by Crippen LogP contribution is -2.35. The van der Waals surface area contributed by atoms with Crippen molar-refractivity contribution in [2.75, 3.05) is 12.4 Å². The van der Waals surface area contributed by atoms with Crippen molar-refractivity contribution in [3.63, 3.8) is 0 Å². The summed E-state index contributed by atoms with van der Waals surface area (Å²) in [6.07, 6.45) is 1.80. The van der Waals surface area contributed by atoms with Crippen LogP contribution in [0.15, 0.2) is 42.6 Å². The van der Waals surface area contributed by atoms with Crippen molar-refractivity contribution in [2.45, 2.75) is 33.7 Å². The molecule has 0 aliphatic rings. The number of likely N-dealkylation sites (N-methyl/N-ethyl adjacent to an activating group) is 1. The van der Waals surface area contributed by atoms with Crippen LogP contribution < -0.4 is 10.6 Å². The summed E-state index contributed by atoms with van der Waals surface area (Å²) >= 11 is 0. The first-order valence-electron chi connectivity index (χ1n) is 12.3. The minimum atomic E-state index is -0.390. The summed E-state index contributed by atoms with van der Waals surface area (Å²) in [5.41, 5.74) is 6.21. The molecule has 0 radical (unpaired) electrons. The molecule has 4 heterocycles. The molecule has 9 nitrogen and oxygen atoms in total. The summed E-state index contributed by atoms with van der Waals surface area (Å²) in [5.74, 6) is 7.22. The molecule has 190 valence electrons. The van der Waals surface area contributed by atoms with Crippen LogP contribution in [0.5, 0.6) is 0 Å². The van der Waals surface area contributed by atoms with Crippen LogP contribution in [-0.4, -0.2) is 48.7 Å². The molecule has 0 saturated heterocycles. The highest BCUT2D eigenvalue weighted by atomic mass is 16.2. The molecule has 0 spiro atoms. The molecule has 1 atom stereocenters. The molecule has 0 fully saturated rings. The van der Waals surface area contributed by atoms with E-state index in [0.717, 1.165) is 44.3 Å².